The predicted molar refractivity (Wildman–Crippen MR) is 74.1 cm³/mol. The van der Waals surface area contributed by atoms with Crippen LogP contribution in [0.4, 0.5) is 0 Å². The van der Waals surface area contributed by atoms with Crippen LogP contribution in [0, 0.1) is 6.92 Å². The minimum Gasteiger partial charge on any atom is -0.497 e. The van der Waals surface area contributed by atoms with Crippen LogP contribution in [-0.4, -0.2) is 7.11 Å². The summed E-state index contributed by atoms with van der Waals surface area (Å²) in [6.07, 6.45) is 0. The first-order valence-electron chi connectivity index (χ1n) is 6.19. The average molecular weight is 247 g/mol. The number of benzene rings is 1. The third-order valence-corrected chi connectivity index (χ3v) is 3.34. The fourth-order valence-electron chi connectivity index (χ4n) is 2.21. The van der Waals surface area contributed by atoms with Gasteiger partial charge < -0.3 is 14.9 Å². The van der Waals surface area contributed by atoms with Crippen LogP contribution in [-0.2, 0) is 12.0 Å². The van der Waals surface area contributed by atoms with E-state index in [0.29, 0.717) is 6.54 Å². The maximum atomic E-state index is 5.92. The Morgan fingerprint density at radius 2 is 1.94 bits per heavy atom. The summed E-state index contributed by atoms with van der Waals surface area (Å²) in [4.78, 5) is 0. The number of furan rings is 1. The zero-order chi connectivity index (χ0) is 13.5. The molecule has 1 aromatic carbocycles. The molecule has 0 saturated heterocycles. The van der Waals surface area contributed by atoms with Crippen LogP contribution in [0.3, 0.4) is 0 Å². The third-order valence-electron chi connectivity index (χ3n) is 3.34. The van der Waals surface area contributed by atoms with Gasteiger partial charge in [-0.15, -0.1) is 0 Å². The Morgan fingerprint density at radius 3 is 2.44 bits per heavy atom. The van der Waals surface area contributed by atoms with Gasteiger partial charge in [-0.3, -0.25) is 0 Å². The number of hydrogen-bond donors (Lipinski definition) is 1. The van der Waals surface area contributed by atoms with Crippen LogP contribution in [0.15, 0.2) is 16.5 Å². The number of hydrogen-bond acceptors (Lipinski definition) is 3. The molecule has 0 fully saturated rings. The van der Waals surface area contributed by atoms with Crippen molar-refractivity contribution in [1.29, 1.82) is 0 Å². The van der Waals surface area contributed by atoms with Gasteiger partial charge in [-0.25, -0.2) is 0 Å². The highest BCUT2D eigenvalue weighted by Gasteiger charge is 2.22. The first-order chi connectivity index (χ1) is 8.38. The van der Waals surface area contributed by atoms with Gasteiger partial charge in [0.25, 0.3) is 0 Å². The second kappa shape index (κ2) is 4.32. The smallest absolute Gasteiger partial charge is 0.138 e. The van der Waals surface area contributed by atoms with Crippen LogP contribution in [0.5, 0.6) is 5.75 Å². The largest absolute Gasteiger partial charge is 0.497 e. The first kappa shape index (κ1) is 13.0. The lowest BCUT2D eigenvalue weighted by atomic mass is 9.85. The molecular weight excluding hydrogens is 226 g/mol. The van der Waals surface area contributed by atoms with E-state index in [9.17, 15) is 0 Å². The molecule has 2 rings (SSSR count). The van der Waals surface area contributed by atoms with Gasteiger partial charge in [0.2, 0.25) is 0 Å². The van der Waals surface area contributed by atoms with E-state index in [1.54, 1.807) is 7.11 Å². The van der Waals surface area contributed by atoms with E-state index < -0.39 is 0 Å². The normalized spacial score (nSPS) is 12.1. The fraction of sp³-hybridized carbons (Fsp3) is 0.467. The number of nitrogens with two attached hydrogens (primary N) is 1. The van der Waals surface area contributed by atoms with E-state index in [1.807, 2.05) is 19.1 Å². The number of ether oxygens (including phenoxy) is 1. The van der Waals surface area contributed by atoms with E-state index in [-0.39, 0.29) is 5.41 Å². The lowest BCUT2D eigenvalue weighted by Gasteiger charge is -2.20. The molecule has 0 amide bonds. The van der Waals surface area contributed by atoms with E-state index in [0.717, 1.165) is 33.6 Å². The number of fused-ring (bicyclic) bond motifs is 1. The molecule has 0 saturated carbocycles. The minimum absolute atomic E-state index is 0.00293. The first-order valence-corrected chi connectivity index (χ1v) is 6.19. The molecule has 0 unspecified atom stereocenters. The molecule has 18 heavy (non-hydrogen) atoms. The highest BCUT2D eigenvalue weighted by molar-refractivity contribution is 5.87. The highest BCUT2D eigenvalue weighted by Crippen LogP contribution is 2.37. The quantitative estimate of drug-likeness (QED) is 0.883. The summed E-state index contributed by atoms with van der Waals surface area (Å²) in [5, 5.41) is 1.10. The van der Waals surface area contributed by atoms with E-state index >= 15 is 0 Å². The van der Waals surface area contributed by atoms with Gasteiger partial charge in [0.05, 0.1) is 13.7 Å². The Morgan fingerprint density at radius 1 is 1.28 bits per heavy atom. The van der Waals surface area contributed by atoms with E-state index in [4.69, 9.17) is 14.9 Å². The SMILES string of the molecule is COc1cc(C(C)(C)C)c2oc(CN)c(C)c2c1. The second-order valence-electron chi connectivity index (χ2n) is 5.66. The maximum absolute atomic E-state index is 5.92. The average Bonchev–Trinajstić information content (AvgIpc) is 2.64. The fourth-order valence-corrected chi connectivity index (χ4v) is 2.21. The zero-order valence-corrected chi connectivity index (χ0v) is 11.8. The van der Waals surface area contributed by atoms with Gasteiger partial charge in [-0.05, 0) is 30.0 Å². The number of methoxy groups -OCH3 is 1. The highest BCUT2D eigenvalue weighted by atomic mass is 16.5. The summed E-state index contributed by atoms with van der Waals surface area (Å²) >= 11 is 0. The molecule has 1 heterocycles. The summed E-state index contributed by atoms with van der Waals surface area (Å²) in [5.41, 5.74) is 8.91. The van der Waals surface area contributed by atoms with Crippen molar-refractivity contribution in [2.75, 3.05) is 7.11 Å². The van der Waals surface area contributed by atoms with Gasteiger partial charge >= 0.3 is 0 Å². The van der Waals surface area contributed by atoms with Gasteiger partial charge in [0, 0.05) is 10.9 Å². The Labute approximate surface area is 108 Å². The molecule has 0 radical (unpaired) electrons. The molecule has 0 aliphatic carbocycles. The molecule has 98 valence electrons. The molecular formula is C15H21NO2. The zero-order valence-electron chi connectivity index (χ0n) is 11.8. The Balaban J connectivity index is 2.83. The molecule has 2 N–H and O–H groups in total. The predicted octanol–water partition coefficient (Wildman–Crippen LogP) is 3.51. The standard InChI is InChI=1S/C15H21NO2/c1-9-11-6-10(17-5)7-12(15(2,3)4)14(11)18-13(9)8-16/h6-7H,8,16H2,1-5H3. The monoisotopic (exact) mass is 247 g/mol. The van der Waals surface area contributed by atoms with Crippen molar-refractivity contribution in [3.63, 3.8) is 0 Å². The molecule has 0 spiro atoms. The summed E-state index contributed by atoms with van der Waals surface area (Å²) in [6, 6.07) is 4.06. The third kappa shape index (κ3) is 1.99. The van der Waals surface area contributed by atoms with E-state index in [2.05, 4.69) is 20.8 Å². The van der Waals surface area contributed by atoms with Gasteiger partial charge in [-0.2, -0.15) is 0 Å². The van der Waals surface area contributed by atoms with Crippen molar-refractivity contribution in [2.45, 2.75) is 39.7 Å². The Kier molecular flexibility index (Phi) is 3.11. The van der Waals surface area contributed by atoms with Crippen molar-refractivity contribution < 1.29 is 9.15 Å². The lowest BCUT2D eigenvalue weighted by molar-refractivity contribution is 0.413. The molecule has 0 aliphatic rings. The van der Waals surface area contributed by atoms with Crippen LogP contribution in [0.2, 0.25) is 0 Å². The second-order valence-corrected chi connectivity index (χ2v) is 5.66. The number of rotatable bonds is 2. The molecule has 1 aromatic heterocycles. The molecule has 3 nitrogen and oxygen atoms in total. The van der Waals surface area contributed by atoms with Gasteiger partial charge in [-0.1, -0.05) is 20.8 Å². The van der Waals surface area contributed by atoms with Crippen LogP contribution < -0.4 is 10.5 Å². The molecule has 0 bridgehead atoms. The summed E-state index contributed by atoms with van der Waals surface area (Å²) in [5.74, 6) is 1.71. The molecule has 0 aliphatic heterocycles. The van der Waals surface area contributed by atoms with Gasteiger partial charge in [0.15, 0.2) is 0 Å². The topological polar surface area (TPSA) is 48.4 Å². The van der Waals surface area contributed by atoms with Crippen molar-refractivity contribution in [2.24, 2.45) is 5.73 Å². The minimum atomic E-state index is 0.00293. The molecule has 0 atom stereocenters. The summed E-state index contributed by atoms with van der Waals surface area (Å²) < 4.78 is 11.3. The van der Waals surface area contributed by atoms with Crippen LogP contribution in [0.1, 0.15) is 37.7 Å². The van der Waals surface area contributed by atoms with Gasteiger partial charge in [0.1, 0.15) is 17.1 Å². The van der Waals surface area contributed by atoms with Crippen molar-refractivity contribution in [3.8, 4) is 5.75 Å². The Hall–Kier alpha value is -1.48. The maximum Gasteiger partial charge on any atom is 0.138 e. The van der Waals surface area contributed by atoms with Crippen LogP contribution in [0.25, 0.3) is 11.0 Å². The van der Waals surface area contributed by atoms with Crippen LogP contribution >= 0.6 is 0 Å². The van der Waals surface area contributed by atoms with Crippen molar-refractivity contribution in [1.82, 2.24) is 0 Å². The summed E-state index contributed by atoms with van der Waals surface area (Å²) in [7, 11) is 1.69. The number of aryl methyl sites for hydroxylation is 1. The molecule has 3 heteroatoms. The Bertz CT molecular complexity index is 576. The molecule has 2 aromatic rings. The van der Waals surface area contributed by atoms with Crippen molar-refractivity contribution >= 4 is 11.0 Å². The lowest BCUT2D eigenvalue weighted by Crippen LogP contribution is -2.11. The van der Waals surface area contributed by atoms with Crippen molar-refractivity contribution in [3.05, 3.63) is 29.0 Å². The van der Waals surface area contributed by atoms with E-state index in [1.165, 1.54) is 0 Å². The summed E-state index contributed by atoms with van der Waals surface area (Å²) in [6.45, 7) is 8.97.